The van der Waals surface area contributed by atoms with E-state index in [-0.39, 0.29) is 24.4 Å². The lowest BCUT2D eigenvalue weighted by molar-refractivity contribution is -0.142. The highest BCUT2D eigenvalue weighted by atomic mass is 16.4. The van der Waals surface area contributed by atoms with Crippen LogP contribution < -0.4 is 5.32 Å². The summed E-state index contributed by atoms with van der Waals surface area (Å²) in [5, 5.41) is 20.4. The Bertz CT molecular complexity index is 480. The highest BCUT2D eigenvalue weighted by Gasteiger charge is 2.20. The fraction of sp³-hybridized carbons (Fsp3) is 0.308. The van der Waals surface area contributed by atoms with Gasteiger partial charge in [0, 0.05) is 6.42 Å². The Morgan fingerprint density at radius 2 is 1.79 bits per heavy atom. The minimum atomic E-state index is -1.18. The molecule has 19 heavy (non-hydrogen) atoms. The van der Waals surface area contributed by atoms with E-state index in [1.165, 1.54) is 19.1 Å². The van der Waals surface area contributed by atoms with E-state index in [9.17, 15) is 14.4 Å². The van der Waals surface area contributed by atoms with Gasteiger partial charge in [-0.25, -0.2) is 4.79 Å². The predicted octanol–water partition coefficient (Wildman–Crippen LogP) is 0.483. The molecule has 0 unspecified atom stereocenters. The van der Waals surface area contributed by atoms with Crippen LogP contribution in [0.3, 0.4) is 0 Å². The number of carbonyl (C=O) groups excluding carboxylic acids is 2. The number of rotatable bonds is 6. The standard InChI is InChI=1S/C13H15NO5/c1-8(15)6-12(17)14-11(13(18)19)7-9-2-4-10(16)5-3-9/h2-5,11,16H,6-7H2,1H3,(H,14,17)(H,18,19)/t11-/m0/s1. The third-order valence-electron chi connectivity index (χ3n) is 2.42. The van der Waals surface area contributed by atoms with Gasteiger partial charge in [0.25, 0.3) is 0 Å². The van der Waals surface area contributed by atoms with Crippen LogP contribution in [0.25, 0.3) is 0 Å². The van der Waals surface area contributed by atoms with Crippen molar-refractivity contribution in [2.75, 3.05) is 0 Å². The molecule has 0 saturated carbocycles. The second kappa shape index (κ2) is 6.53. The number of phenols is 1. The van der Waals surface area contributed by atoms with Crippen LogP contribution in [0.2, 0.25) is 0 Å². The fourth-order valence-electron chi connectivity index (χ4n) is 1.54. The molecule has 0 aliphatic heterocycles. The molecule has 1 atom stereocenters. The first-order valence-electron chi connectivity index (χ1n) is 5.68. The van der Waals surface area contributed by atoms with E-state index in [1.54, 1.807) is 12.1 Å². The zero-order valence-corrected chi connectivity index (χ0v) is 10.4. The van der Waals surface area contributed by atoms with Crippen molar-refractivity contribution in [3.63, 3.8) is 0 Å². The molecule has 0 aromatic heterocycles. The van der Waals surface area contributed by atoms with Gasteiger partial charge in [-0.05, 0) is 24.6 Å². The van der Waals surface area contributed by atoms with Crippen LogP contribution in [0, 0.1) is 0 Å². The van der Waals surface area contributed by atoms with Gasteiger partial charge in [-0.15, -0.1) is 0 Å². The quantitative estimate of drug-likeness (QED) is 0.649. The number of carboxylic acids is 1. The Morgan fingerprint density at radius 3 is 2.26 bits per heavy atom. The molecule has 0 bridgehead atoms. The van der Waals surface area contributed by atoms with E-state index in [4.69, 9.17) is 10.2 Å². The number of nitrogens with one attached hydrogen (secondary N) is 1. The molecule has 3 N–H and O–H groups in total. The van der Waals surface area contributed by atoms with E-state index in [1.807, 2.05) is 0 Å². The molecule has 6 nitrogen and oxygen atoms in total. The first kappa shape index (κ1) is 14.7. The maximum absolute atomic E-state index is 11.4. The van der Waals surface area contributed by atoms with E-state index in [0.717, 1.165) is 0 Å². The Labute approximate surface area is 110 Å². The molecule has 0 heterocycles. The van der Waals surface area contributed by atoms with Crippen LogP contribution in [0.15, 0.2) is 24.3 Å². The van der Waals surface area contributed by atoms with E-state index >= 15 is 0 Å². The van der Waals surface area contributed by atoms with E-state index < -0.39 is 17.9 Å². The monoisotopic (exact) mass is 265 g/mol. The Morgan fingerprint density at radius 1 is 1.21 bits per heavy atom. The van der Waals surface area contributed by atoms with Gasteiger partial charge in [0.05, 0.1) is 6.42 Å². The van der Waals surface area contributed by atoms with Crippen molar-refractivity contribution in [2.45, 2.75) is 25.8 Å². The van der Waals surface area contributed by atoms with Crippen molar-refractivity contribution in [1.82, 2.24) is 5.32 Å². The Hall–Kier alpha value is -2.37. The molecule has 1 rings (SSSR count). The number of Topliss-reactive ketones (excluding diaryl/α,β-unsaturated/α-hetero) is 1. The van der Waals surface area contributed by atoms with E-state index in [2.05, 4.69) is 5.32 Å². The summed E-state index contributed by atoms with van der Waals surface area (Å²) in [7, 11) is 0. The lowest BCUT2D eigenvalue weighted by Crippen LogP contribution is -2.42. The van der Waals surface area contributed by atoms with Gasteiger partial charge in [-0.3, -0.25) is 9.59 Å². The molecule has 1 amide bonds. The van der Waals surface area contributed by atoms with Crippen LogP contribution >= 0.6 is 0 Å². The summed E-state index contributed by atoms with van der Waals surface area (Å²) < 4.78 is 0. The molecule has 102 valence electrons. The highest BCUT2D eigenvalue weighted by molar-refractivity contribution is 5.98. The fourth-order valence-corrected chi connectivity index (χ4v) is 1.54. The average Bonchev–Trinajstić information content (AvgIpc) is 2.29. The SMILES string of the molecule is CC(=O)CC(=O)N[C@@H](Cc1ccc(O)cc1)C(=O)O. The number of amides is 1. The second-order valence-electron chi connectivity index (χ2n) is 4.21. The number of benzene rings is 1. The van der Waals surface area contributed by atoms with Gasteiger partial charge in [0.2, 0.25) is 5.91 Å². The summed E-state index contributed by atoms with van der Waals surface area (Å²) in [5.41, 5.74) is 0.660. The number of ketones is 1. The Balaban J connectivity index is 2.68. The molecule has 1 aromatic rings. The predicted molar refractivity (Wildman–Crippen MR) is 66.7 cm³/mol. The third kappa shape index (κ3) is 5.20. The smallest absolute Gasteiger partial charge is 0.326 e. The zero-order chi connectivity index (χ0) is 14.4. The molecular formula is C13H15NO5. The van der Waals surface area contributed by atoms with Crippen LogP contribution in [-0.4, -0.2) is 33.9 Å². The summed E-state index contributed by atoms with van der Waals surface area (Å²) in [5.74, 6) is -2.04. The minimum absolute atomic E-state index is 0.0799. The van der Waals surface area contributed by atoms with Gasteiger partial charge in [0.15, 0.2) is 0 Å². The van der Waals surface area contributed by atoms with Gasteiger partial charge < -0.3 is 15.5 Å². The van der Waals surface area contributed by atoms with Crippen molar-refractivity contribution in [3.05, 3.63) is 29.8 Å². The van der Waals surface area contributed by atoms with E-state index in [0.29, 0.717) is 5.56 Å². The number of carbonyl (C=O) groups is 3. The van der Waals surface area contributed by atoms with Crippen LogP contribution in [0.4, 0.5) is 0 Å². The molecule has 0 aliphatic carbocycles. The van der Waals surface area contributed by atoms with Gasteiger partial charge >= 0.3 is 5.97 Å². The molecule has 0 aliphatic rings. The third-order valence-corrected chi connectivity index (χ3v) is 2.42. The van der Waals surface area contributed by atoms with Crippen molar-refractivity contribution < 1.29 is 24.6 Å². The number of phenolic OH excluding ortho intramolecular Hbond substituents is 1. The summed E-state index contributed by atoms with van der Waals surface area (Å²) in [6.07, 6.45) is -0.251. The van der Waals surface area contributed by atoms with Gasteiger partial charge in [0.1, 0.15) is 17.6 Å². The molecule has 0 saturated heterocycles. The number of hydrogen-bond donors (Lipinski definition) is 3. The molecule has 0 spiro atoms. The Kier molecular flexibility index (Phi) is 5.05. The number of hydrogen-bond acceptors (Lipinski definition) is 4. The summed E-state index contributed by atoms with van der Waals surface area (Å²) >= 11 is 0. The molecule has 0 fully saturated rings. The summed E-state index contributed by atoms with van der Waals surface area (Å²) in [6.45, 7) is 1.26. The largest absolute Gasteiger partial charge is 0.508 e. The maximum atomic E-state index is 11.4. The molecule has 0 radical (unpaired) electrons. The highest BCUT2D eigenvalue weighted by Crippen LogP contribution is 2.11. The number of carboxylic acid groups (broad SMARTS) is 1. The molecule has 1 aromatic carbocycles. The number of aromatic hydroxyl groups is 1. The molecular weight excluding hydrogens is 250 g/mol. The van der Waals surface area contributed by atoms with Crippen LogP contribution in [0.1, 0.15) is 18.9 Å². The van der Waals surface area contributed by atoms with Crippen molar-refractivity contribution >= 4 is 17.7 Å². The lowest BCUT2D eigenvalue weighted by Gasteiger charge is -2.14. The molecule has 6 heteroatoms. The van der Waals surface area contributed by atoms with Crippen molar-refractivity contribution in [2.24, 2.45) is 0 Å². The lowest BCUT2D eigenvalue weighted by atomic mass is 10.1. The second-order valence-corrected chi connectivity index (χ2v) is 4.21. The first-order valence-corrected chi connectivity index (χ1v) is 5.68. The van der Waals surface area contributed by atoms with Crippen LogP contribution in [0.5, 0.6) is 5.75 Å². The minimum Gasteiger partial charge on any atom is -0.508 e. The zero-order valence-electron chi connectivity index (χ0n) is 10.4. The average molecular weight is 265 g/mol. The van der Waals surface area contributed by atoms with Gasteiger partial charge in [-0.2, -0.15) is 0 Å². The summed E-state index contributed by atoms with van der Waals surface area (Å²) in [4.78, 5) is 33.2. The maximum Gasteiger partial charge on any atom is 0.326 e. The number of aliphatic carboxylic acids is 1. The van der Waals surface area contributed by atoms with Gasteiger partial charge in [-0.1, -0.05) is 12.1 Å². The summed E-state index contributed by atoms with van der Waals surface area (Å²) in [6, 6.07) is 4.92. The van der Waals surface area contributed by atoms with Crippen molar-refractivity contribution in [3.8, 4) is 5.75 Å². The first-order chi connectivity index (χ1) is 8.88. The van der Waals surface area contributed by atoms with Crippen molar-refractivity contribution in [1.29, 1.82) is 0 Å². The van der Waals surface area contributed by atoms with Crippen LogP contribution in [-0.2, 0) is 20.8 Å². The normalized spacial score (nSPS) is 11.6. The topological polar surface area (TPSA) is 104 Å².